The van der Waals surface area contributed by atoms with Crippen LogP contribution in [0.3, 0.4) is 0 Å². The van der Waals surface area contributed by atoms with Crippen LogP contribution in [0.4, 0.5) is 0 Å². The fourth-order valence-electron chi connectivity index (χ4n) is 5.72. The Hall–Kier alpha value is -4.63. The van der Waals surface area contributed by atoms with E-state index in [4.69, 9.17) is 0 Å². The molecule has 1 saturated heterocycles. The molecule has 0 unspecified atom stereocenters. The summed E-state index contributed by atoms with van der Waals surface area (Å²) in [5.74, 6) is -10.3. The van der Waals surface area contributed by atoms with Crippen LogP contribution in [0.15, 0.2) is 24.3 Å². The molecule has 1 aromatic rings. The van der Waals surface area contributed by atoms with E-state index in [0.29, 0.717) is 11.1 Å². The maximum absolute atomic E-state index is 13.4. The zero-order chi connectivity index (χ0) is 43.8. The van der Waals surface area contributed by atoms with E-state index in [1.165, 1.54) is 43.9 Å². The molecule has 25 heteroatoms. The number of carboxylic acid groups (broad SMARTS) is 3. The highest BCUT2D eigenvalue weighted by Crippen LogP contribution is 2.11. The molecule has 1 aromatic carbocycles. The summed E-state index contributed by atoms with van der Waals surface area (Å²) in [7, 11) is -9.98. The smallest absolute Gasteiger partial charge is 0.317 e. The summed E-state index contributed by atoms with van der Waals surface area (Å²) in [6, 6.07) is 1.91. The Morgan fingerprint density at radius 2 is 0.948 bits per heavy atom. The minimum atomic E-state index is -5.02. The molecule has 0 saturated carbocycles. The van der Waals surface area contributed by atoms with Crippen LogP contribution in [0.1, 0.15) is 29.8 Å². The quantitative estimate of drug-likeness (QED) is 0.0463. The van der Waals surface area contributed by atoms with Gasteiger partial charge in [0.25, 0.3) is 20.2 Å². The van der Waals surface area contributed by atoms with Crippen LogP contribution in [0.5, 0.6) is 0 Å². The van der Waals surface area contributed by atoms with Gasteiger partial charge in [-0.2, -0.15) is 16.8 Å². The third kappa shape index (κ3) is 20.2. The summed E-state index contributed by atoms with van der Waals surface area (Å²) >= 11 is 0. The minimum Gasteiger partial charge on any atom is -0.480 e. The van der Waals surface area contributed by atoms with Crippen molar-refractivity contribution in [3.63, 3.8) is 0 Å². The van der Waals surface area contributed by atoms with Crippen LogP contribution < -0.4 is 16.0 Å². The highest BCUT2D eigenvalue weighted by Gasteiger charge is 2.33. The van der Waals surface area contributed by atoms with Gasteiger partial charge in [0.2, 0.25) is 17.7 Å². The predicted octanol–water partition coefficient (Wildman–Crippen LogP) is -3.64. The zero-order valence-corrected chi connectivity index (χ0v) is 33.6. The molecule has 2 atom stereocenters. The van der Waals surface area contributed by atoms with E-state index < -0.39 is 99.1 Å². The van der Waals surface area contributed by atoms with Crippen LogP contribution >= 0.6 is 0 Å². The molecule has 1 heterocycles. The standard InChI is InChI=1S/C33H51N7O16S2/c1-22(2)31(48)24-5-3-23(4-6-24)15-34-32(49)25(20-57(51,52)53)36-33(50)26(21-58(54,55)56)35-27(41)16-37-7-9-38(17-28(42)43)11-13-40(19-30(46)47)14-12-39(10-8-37)18-29(44)45/h3-6,22,25-26H,7-21H2,1-2H3,(H,34,49)(H,35,41)(H,36,50)(H,42,43)(H,44,45)(H,46,47)(H,51,52,53)(H,54,55,56)/t25-,26-/m0/s1. The molecule has 0 spiro atoms. The Bertz CT molecular complexity index is 1810. The molecule has 2 rings (SSSR count). The molecule has 1 fully saturated rings. The van der Waals surface area contributed by atoms with E-state index in [0.717, 1.165) is 0 Å². The molecule has 0 aliphatic carbocycles. The van der Waals surface area contributed by atoms with E-state index >= 15 is 0 Å². The van der Waals surface area contributed by atoms with Crippen molar-refractivity contribution in [2.75, 3.05) is 90.0 Å². The Balaban J connectivity index is 2.27. The van der Waals surface area contributed by atoms with Crippen molar-refractivity contribution in [2.45, 2.75) is 32.5 Å². The van der Waals surface area contributed by atoms with Crippen LogP contribution in [0.25, 0.3) is 0 Å². The molecule has 1 aliphatic heterocycles. The lowest BCUT2D eigenvalue weighted by atomic mass is 10.00. The van der Waals surface area contributed by atoms with Gasteiger partial charge in [0.15, 0.2) is 5.78 Å². The van der Waals surface area contributed by atoms with E-state index in [1.54, 1.807) is 13.8 Å². The molecule has 326 valence electrons. The van der Waals surface area contributed by atoms with E-state index in [-0.39, 0.29) is 77.1 Å². The molecule has 23 nitrogen and oxygen atoms in total. The number of rotatable bonds is 20. The summed E-state index contributed by atoms with van der Waals surface area (Å²) in [6.45, 7) is 1.69. The number of aliphatic carboxylic acids is 3. The number of Topliss-reactive ketones (excluding diaryl/α,β-unsaturated/α-hetero) is 1. The molecule has 0 bridgehead atoms. The van der Waals surface area contributed by atoms with Gasteiger partial charge in [-0.1, -0.05) is 38.1 Å². The third-order valence-electron chi connectivity index (χ3n) is 8.64. The van der Waals surface area contributed by atoms with Gasteiger partial charge in [0.1, 0.15) is 23.6 Å². The van der Waals surface area contributed by atoms with Crippen molar-refractivity contribution < 1.29 is 74.8 Å². The first-order valence-electron chi connectivity index (χ1n) is 17.9. The largest absolute Gasteiger partial charge is 0.480 e. The van der Waals surface area contributed by atoms with Gasteiger partial charge < -0.3 is 31.3 Å². The first-order valence-corrected chi connectivity index (χ1v) is 21.1. The maximum atomic E-state index is 13.4. The second-order valence-corrected chi connectivity index (χ2v) is 16.9. The number of carbonyl (C=O) groups is 7. The van der Waals surface area contributed by atoms with Crippen molar-refractivity contribution in [1.29, 1.82) is 0 Å². The Morgan fingerprint density at radius 3 is 1.29 bits per heavy atom. The highest BCUT2D eigenvalue weighted by molar-refractivity contribution is 7.86. The van der Waals surface area contributed by atoms with E-state index in [2.05, 4.69) is 10.6 Å². The molecule has 1 aliphatic rings. The number of amides is 3. The third-order valence-corrected chi connectivity index (χ3v) is 10.2. The second-order valence-electron chi connectivity index (χ2n) is 13.9. The lowest BCUT2D eigenvalue weighted by Crippen LogP contribution is -2.58. The van der Waals surface area contributed by atoms with Crippen LogP contribution in [0, 0.1) is 5.92 Å². The fourth-order valence-corrected chi connectivity index (χ4v) is 7.03. The average Bonchev–Trinajstić information content (AvgIpc) is 3.09. The summed E-state index contributed by atoms with van der Waals surface area (Å²) in [4.78, 5) is 92.5. The summed E-state index contributed by atoms with van der Waals surface area (Å²) in [6.07, 6.45) is 0. The van der Waals surface area contributed by atoms with Gasteiger partial charge in [0, 0.05) is 70.4 Å². The molecular formula is C33H51N7O16S2. The first-order chi connectivity index (χ1) is 26.9. The minimum absolute atomic E-state index is 0.0149. The van der Waals surface area contributed by atoms with Crippen molar-refractivity contribution >= 4 is 61.6 Å². The lowest BCUT2D eigenvalue weighted by Gasteiger charge is -2.33. The summed E-state index contributed by atoms with van der Waals surface area (Å²) in [5.41, 5.74) is 0.865. The normalized spacial score (nSPS) is 16.9. The number of nitrogens with one attached hydrogen (secondary N) is 3. The van der Waals surface area contributed by atoms with Gasteiger partial charge in [0.05, 0.1) is 26.2 Å². The number of hydrogen-bond acceptors (Lipinski definition) is 15. The molecule has 0 radical (unpaired) electrons. The van der Waals surface area contributed by atoms with Crippen molar-refractivity contribution in [2.24, 2.45) is 5.92 Å². The number of benzene rings is 1. The van der Waals surface area contributed by atoms with Crippen molar-refractivity contribution in [3.8, 4) is 0 Å². The zero-order valence-electron chi connectivity index (χ0n) is 32.0. The fraction of sp³-hybridized carbons (Fsp3) is 0.606. The number of nitrogens with zero attached hydrogens (tertiary/aromatic N) is 4. The average molecular weight is 866 g/mol. The Labute approximate surface area is 335 Å². The van der Waals surface area contributed by atoms with Gasteiger partial charge >= 0.3 is 17.9 Å². The Kier molecular flexibility index (Phi) is 19.7. The second kappa shape index (κ2) is 23.1. The monoisotopic (exact) mass is 865 g/mol. The number of carboxylic acids is 3. The molecule has 0 aromatic heterocycles. The number of ketones is 1. The number of hydrogen-bond donors (Lipinski definition) is 8. The lowest BCUT2D eigenvalue weighted by molar-refractivity contribution is -0.140. The predicted molar refractivity (Wildman–Crippen MR) is 203 cm³/mol. The first kappa shape index (κ1) is 49.5. The van der Waals surface area contributed by atoms with Crippen LogP contribution in [0.2, 0.25) is 0 Å². The summed E-state index contributed by atoms with van der Waals surface area (Å²) in [5, 5.41) is 34.7. The van der Waals surface area contributed by atoms with Crippen molar-refractivity contribution in [3.05, 3.63) is 35.4 Å². The van der Waals surface area contributed by atoms with Crippen molar-refractivity contribution in [1.82, 2.24) is 35.6 Å². The summed E-state index contributed by atoms with van der Waals surface area (Å²) < 4.78 is 66.5. The molecule has 8 N–H and O–H groups in total. The molecular weight excluding hydrogens is 815 g/mol. The molecule has 3 amide bonds. The SMILES string of the molecule is CC(C)C(=O)c1ccc(CNC(=O)[C@H](CS(=O)(=O)O)NC(=O)[C@H](CS(=O)(=O)O)NC(=O)CN2CCN(CC(=O)O)CCN(CC(=O)O)CCN(CC(=O)O)CC2)cc1. The molecule has 58 heavy (non-hydrogen) atoms. The van der Waals surface area contributed by atoms with Crippen LogP contribution in [-0.4, -0.2) is 204 Å². The van der Waals surface area contributed by atoms with Crippen LogP contribution in [-0.2, 0) is 55.5 Å². The topological polar surface area (TPSA) is 338 Å². The van der Waals surface area contributed by atoms with Gasteiger partial charge in [-0.15, -0.1) is 0 Å². The maximum Gasteiger partial charge on any atom is 0.317 e. The van der Waals surface area contributed by atoms with E-state index in [1.807, 2.05) is 5.32 Å². The van der Waals surface area contributed by atoms with Gasteiger partial charge in [-0.05, 0) is 5.56 Å². The van der Waals surface area contributed by atoms with Gasteiger partial charge in [-0.25, -0.2) is 0 Å². The Morgan fingerprint density at radius 1 is 0.586 bits per heavy atom. The van der Waals surface area contributed by atoms with E-state index in [9.17, 15) is 74.8 Å². The number of carbonyl (C=O) groups excluding carboxylic acids is 4. The van der Waals surface area contributed by atoms with Gasteiger partial charge in [-0.3, -0.25) is 62.3 Å². The highest BCUT2D eigenvalue weighted by atomic mass is 32.2.